The first-order valence-corrected chi connectivity index (χ1v) is 7.10. The number of hydrogen-bond donors (Lipinski definition) is 2. The fraction of sp³-hybridized carbons (Fsp3) is 0.692. The fourth-order valence-electron chi connectivity index (χ4n) is 2.03. The number of aliphatic hydroxyl groups excluding tert-OH is 1. The molecule has 6 heteroatoms. The average Bonchev–Trinajstić information content (AvgIpc) is 2.42. The zero-order chi connectivity index (χ0) is 14.4. The number of halogens is 1. The molecule has 0 aliphatic heterocycles. The van der Waals surface area contributed by atoms with E-state index in [2.05, 4.69) is 10.4 Å². The largest absolute Gasteiger partial charge is 0.391 e. The summed E-state index contributed by atoms with van der Waals surface area (Å²) in [7, 11) is 0. The Hall–Kier alpha value is -1.07. The van der Waals surface area contributed by atoms with E-state index in [1.165, 1.54) is 10.9 Å². The third kappa shape index (κ3) is 3.94. The van der Waals surface area contributed by atoms with E-state index >= 15 is 0 Å². The molecule has 19 heavy (non-hydrogen) atoms. The number of anilines is 1. The number of aliphatic hydroxyl groups is 1. The van der Waals surface area contributed by atoms with Gasteiger partial charge in [0.25, 0.3) is 5.56 Å². The Balaban J connectivity index is 2.74. The highest BCUT2D eigenvalue weighted by Gasteiger charge is 2.16. The first-order chi connectivity index (χ1) is 9.04. The fourth-order valence-corrected chi connectivity index (χ4v) is 2.24. The molecular weight excluding hydrogens is 266 g/mol. The average molecular weight is 288 g/mol. The predicted molar refractivity (Wildman–Crippen MR) is 77.7 cm³/mol. The van der Waals surface area contributed by atoms with E-state index in [0.717, 1.165) is 12.8 Å². The van der Waals surface area contributed by atoms with Crippen molar-refractivity contribution in [2.75, 3.05) is 11.9 Å². The van der Waals surface area contributed by atoms with Gasteiger partial charge in [0.05, 0.1) is 18.0 Å². The minimum absolute atomic E-state index is 0.119. The van der Waals surface area contributed by atoms with Gasteiger partial charge in [-0.25, -0.2) is 4.68 Å². The molecule has 5 nitrogen and oxygen atoms in total. The van der Waals surface area contributed by atoms with Crippen LogP contribution in [-0.2, 0) is 6.54 Å². The van der Waals surface area contributed by atoms with Crippen molar-refractivity contribution >= 4 is 17.3 Å². The number of rotatable bonds is 7. The highest BCUT2D eigenvalue weighted by atomic mass is 35.5. The van der Waals surface area contributed by atoms with E-state index in [-0.39, 0.29) is 16.5 Å². The summed E-state index contributed by atoms with van der Waals surface area (Å²) in [6.07, 6.45) is 2.90. The molecule has 1 heterocycles. The van der Waals surface area contributed by atoms with E-state index in [1.807, 2.05) is 20.8 Å². The maximum atomic E-state index is 11.8. The van der Waals surface area contributed by atoms with Crippen molar-refractivity contribution in [3.8, 4) is 0 Å². The van der Waals surface area contributed by atoms with Crippen molar-refractivity contribution in [1.29, 1.82) is 0 Å². The summed E-state index contributed by atoms with van der Waals surface area (Å²) in [6, 6.07) is 0. The monoisotopic (exact) mass is 287 g/mol. The molecule has 0 aromatic carbocycles. The van der Waals surface area contributed by atoms with Gasteiger partial charge in [-0.2, -0.15) is 5.10 Å². The lowest BCUT2D eigenvalue weighted by molar-refractivity contribution is 0.114. The number of aryl methyl sites for hydroxylation is 1. The van der Waals surface area contributed by atoms with Gasteiger partial charge in [-0.3, -0.25) is 4.79 Å². The zero-order valence-electron chi connectivity index (χ0n) is 11.7. The molecule has 0 saturated heterocycles. The SMILES string of the molecule is CCC(CC)C(O)CNc1cnn(CC)c(=O)c1Cl. The Morgan fingerprint density at radius 1 is 1.42 bits per heavy atom. The van der Waals surface area contributed by atoms with Crippen LogP contribution >= 0.6 is 11.6 Å². The molecule has 0 bridgehead atoms. The van der Waals surface area contributed by atoms with Crippen LogP contribution in [0.3, 0.4) is 0 Å². The summed E-state index contributed by atoms with van der Waals surface area (Å²) in [5.74, 6) is 0.246. The molecule has 0 aliphatic carbocycles. The lowest BCUT2D eigenvalue weighted by Gasteiger charge is -2.21. The molecule has 1 unspecified atom stereocenters. The normalized spacial score (nSPS) is 12.7. The van der Waals surface area contributed by atoms with Crippen LogP contribution in [-0.4, -0.2) is 27.5 Å². The maximum absolute atomic E-state index is 11.8. The van der Waals surface area contributed by atoms with Gasteiger partial charge in [-0.15, -0.1) is 0 Å². The zero-order valence-corrected chi connectivity index (χ0v) is 12.4. The van der Waals surface area contributed by atoms with Gasteiger partial charge < -0.3 is 10.4 Å². The molecular formula is C13H22ClN3O2. The Labute approximate surface area is 118 Å². The Morgan fingerprint density at radius 3 is 2.58 bits per heavy atom. The lowest BCUT2D eigenvalue weighted by atomic mass is 9.96. The van der Waals surface area contributed by atoms with Crippen molar-refractivity contribution < 1.29 is 5.11 Å². The Kier molecular flexibility index (Phi) is 6.31. The second-order valence-electron chi connectivity index (χ2n) is 4.52. The minimum Gasteiger partial charge on any atom is -0.391 e. The molecule has 0 radical (unpaired) electrons. The molecule has 0 amide bonds. The van der Waals surface area contributed by atoms with Crippen molar-refractivity contribution in [2.24, 2.45) is 5.92 Å². The minimum atomic E-state index is -0.459. The van der Waals surface area contributed by atoms with E-state index < -0.39 is 6.10 Å². The van der Waals surface area contributed by atoms with E-state index in [1.54, 1.807) is 0 Å². The lowest BCUT2D eigenvalue weighted by Crippen LogP contribution is -2.29. The quantitative estimate of drug-likeness (QED) is 0.806. The summed E-state index contributed by atoms with van der Waals surface area (Å²) in [4.78, 5) is 11.8. The van der Waals surface area contributed by atoms with Gasteiger partial charge in [0.15, 0.2) is 0 Å². The van der Waals surface area contributed by atoms with Crippen molar-refractivity contribution in [3.63, 3.8) is 0 Å². The second-order valence-corrected chi connectivity index (χ2v) is 4.90. The summed E-state index contributed by atoms with van der Waals surface area (Å²) in [6.45, 7) is 6.77. The van der Waals surface area contributed by atoms with E-state index in [4.69, 9.17) is 11.6 Å². The van der Waals surface area contributed by atoms with Crippen LogP contribution in [0.4, 0.5) is 5.69 Å². The Morgan fingerprint density at radius 2 is 2.05 bits per heavy atom. The standard InChI is InChI=1S/C13H22ClN3O2/c1-4-9(5-2)11(18)8-15-10-7-16-17(6-3)13(19)12(10)14/h7,9,11,15,18H,4-6,8H2,1-3H3. The molecule has 1 rings (SSSR count). The second kappa shape index (κ2) is 7.50. The van der Waals surface area contributed by atoms with Crippen LogP contribution in [0, 0.1) is 5.92 Å². The molecule has 1 aromatic heterocycles. The Bertz CT molecular complexity index is 458. The third-order valence-electron chi connectivity index (χ3n) is 3.38. The van der Waals surface area contributed by atoms with E-state index in [0.29, 0.717) is 18.8 Å². The van der Waals surface area contributed by atoms with Crippen LogP contribution in [0.1, 0.15) is 33.6 Å². The van der Waals surface area contributed by atoms with Gasteiger partial charge in [0.1, 0.15) is 5.02 Å². The van der Waals surface area contributed by atoms with Gasteiger partial charge in [-0.05, 0) is 12.8 Å². The summed E-state index contributed by atoms with van der Waals surface area (Å²) < 4.78 is 1.30. The number of aromatic nitrogens is 2. The predicted octanol–water partition coefficient (Wildman–Crippen LogP) is 2.13. The van der Waals surface area contributed by atoms with Crippen molar-refractivity contribution in [2.45, 2.75) is 46.3 Å². The van der Waals surface area contributed by atoms with E-state index in [9.17, 15) is 9.90 Å². The van der Waals surface area contributed by atoms with Crippen molar-refractivity contribution in [1.82, 2.24) is 9.78 Å². The molecule has 1 aromatic rings. The van der Waals surface area contributed by atoms with Crippen LogP contribution in [0.2, 0.25) is 5.02 Å². The summed E-state index contributed by atoms with van der Waals surface area (Å²) >= 11 is 5.99. The first kappa shape index (κ1) is 16.0. The maximum Gasteiger partial charge on any atom is 0.287 e. The molecule has 0 saturated carbocycles. The van der Waals surface area contributed by atoms with Crippen molar-refractivity contribution in [3.05, 3.63) is 21.6 Å². The van der Waals surface area contributed by atoms with Gasteiger partial charge in [0, 0.05) is 13.1 Å². The highest BCUT2D eigenvalue weighted by Crippen LogP contribution is 2.17. The summed E-state index contributed by atoms with van der Waals surface area (Å²) in [5.41, 5.74) is 0.160. The van der Waals surface area contributed by atoms with Gasteiger partial charge in [0.2, 0.25) is 0 Å². The molecule has 108 valence electrons. The third-order valence-corrected chi connectivity index (χ3v) is 3.74. The van der Waals surface area contributed by atoms with Crippen LogP contribution in [0.25, 0.3) is 0 Å². The summed E-state index contributed by atoms with van der Waals surface area (Å²) in [5, 5.41) is 17.1. The smallest absolute Gasteiger partial charge is 0.287 e. The topological polar surface area (TPSA) is 67.2 Å². The molecule has 1 atom stereocenters. The number of nitrogens with one attached hydrogen (secondary N) is 1. The van der Waals surface area contributed by atoms with Gasteiger partial charge >= 0.3 is 0 Å². The van der Waals surface area contributed by atoms with Gasteiger partial charge in [-0.1, -0.05) is 38.3 Å². The van der Waals surface area contributed by atoms with Crippen LogP contribution in [0.15, 0.2) is 11.0 Å². The van der Waals surface area contributed by atoms with Crippen LogP contribution < -0.4 is 10.9 Å². The molecule has 2 N–H and O–H groups in total. The molecule has 0 aliphatic rings. The molecule has 0 spiro atoms. The first-order valence-electron chi connectivity index (χ1n) is 6.72. The number of nitrogens with zero attached hydrogens (tertiary/aromatic N) is 2. The molecule has 0 fully saturated rings. The number of hydrogen-bond acceptors (Lipinski definition) is 4. The highest BCUT2D eigenvalue weighted by molar-refractivity contribution is 6.32. The van der Waals surface area contributed by atoms with Crippen LogP contribution in [0.5, 0.6) is 0 Å².